The van der Waals surface area contributed by atoms with Crippen LogP contribution in [-0.4, -0.2) is 20.1 Å². The van der Waals surface area contributed by atoms with Gasteiger partial charge in [0.15, 0.2) is 0 Å². The Labute approximate surface area is 114 Å². The molecule has 2 aromatic carbocycles. The highest BCUT2D eigenvalue weighted by Gasteiger charge is 2.15. The highest BCUT2D eigenvalue weighted by molar-refractivity contribution is 7.91. The van der Waals surface area contributed by atoms with E-state index in [1.807, 2.05) is 6.92 Å². The molecule has 1 N–H and O–H groups in total. The van der Waals surface area contributed by atoms with Gasteiger partial charge in [-0.2, -0.15) is 0 Å². The topological polar surface area (TPSA) is 54.4 Å². The molecule has 0 fully saturated rings. The van der Waals surface area contributed by atoms with Crippen LogP contribution in [0.2, 0.25) is 0 Å². The molecule has 0 spiro atoms. The Kier molecular flexibility index (Phi) is 6.25. The van der Waals surface area contributed by atoms with Crippen LogP contribution in [0, 0.1) is 0 Å². The maximum atomic E-state index is 12.0. The van der Waals surface area contributed by atoms with Gasteiger partial charge < -0.3 is 5.11 Å². The molecule has 3 nitrogen and oxygen atoms in total. The van der Waals surface area contributed by atoms with Crippen molar-refractivity contribution >= 4 is 9.84 Å². The fraction of sp³-hybridized carbons (Fsp3) is 0.200. The van der Waals surface area contributed by atoms with Gasteiger partial charge in [-0.1, -0.05) is 43.3 Å². The molecule has 0 aliphatic rings. The summed E-state index contributed by atoms with van der Waals surface area (Å²) in [5, 5.41) is 7.88. The van der Waals surface area contributed by atoms with Gasteiger partial charge in [0.2, 0.25) is 9.84 Å². The standard InChI is InChI=1S/C12H10O2S.C3H8O/c13-15(14,11-7-3-1-4-8-11)12-9-5-2-6-10-12;1-2-3-4/h1-10H;4H,2-3H2,1H3. The second-order valence-electron chi connectivity index (χ2n) is 3.85. The summed E-state index contributed by atoms with van der Waals surface area (Å²) in [5.74, 6) is 0. The smallest absolute Gasteiger partial charge is 0.206 e. The lowest BCUT2D eigenvalue weighted by Crippen LogP contribution is -2.00. The van der Waals surface area contributed by atoms with Crippen LogP contribution in [0.3, 0.4) is 0 Å². The highest BCUT2D eigenvalue weighted by atomic mass is 32.2. The predicted octanol–water partition coefficient (Wildman–Crippen LogP) is 2.91. The van der Waals surface area contributed by atoms with Crippen LogP contribution >= 0.6 is 0 Å². The normalized spacial score (nSPS) is 10.4. The molecule has 102 valence electrons. The Bertz CT molecular complexity index is 515. The zero-order chi connectivity index (χ0) is 14.1. The monoisotopic (exact) mass is 278 g/mol. The summed E-state index contributed by atoms with van der Waals surface area (Å²) in [4.78, 5) is 0.660. The third kappa shape index (κ3) is 4.50. The van der Waals surface area contributed by atoms with Crippen molar-refractivity contribution in [3.63, 3.8) is 0 Å². The zero-order valence-corrected chi connectivity index (χ0v) is 11.7. The summed E-state index contributed by atoms with van der Waals surface area (Å²) in [6.45, 7) is 2.25. The van der Waals surface area contributed by atoms with Crippen molar-refractivity contribution in [3.8, 4) is 0 Å². The minimum atomic E-state index is -3.34. The second kappa shape index (κ2) is 7.71. The number of hydrogen-bond donors (Lipinski definition) is 1. The molecular formula is C15H18O3S. The minimum Gasteiger partial charge on any atom is -0.396 e. The van der Waals surface area contributed by atoms with Gasteiger partial charge in [-0.15, -0.1) is 0 Å². The molecule has 0 radical (unpaired) electrons. The van der Waals surface area contributed by atoms with Crippen LogP contribution in [0.25, 0.3) is 0 Å². The molecule has 4 heteroatoms. The summed E-state index contributed by atoms with van der Waals surface area (Å²) in [6.07, 6.45) is 0.875. The number of hydrogen-bond acceptors (Lipinski definition) is 3. The van der Waals surface area contributed by atoms with E-state index in [2.05, 4.69) is 0 Å². The zero-order valence-electron chi connectivity index (χ0n) is 10.9. The van der Waals surface area contributed by atoms with Crippen LogP contribution in [-0.2, 0) is 9.84 Å². The number of aliphatic hydroxyl groups is 1. The van der Waals surface area contributed by atoms with Crippen LogP contribution in [0.15, 0.2) is 70.5 Å². The Morgan fingerprint density at radius 2 is 1.16 bits per heavy atom. The molecule has 0 aliphatic heterocycles. The molecule has 2 rings (SSSR count). The third-order valence-electron chi connectivity index (χ3n) is 2.33. The van der Waals surface area contributed by atoms with E-state index >= 15 is 0 Å². The lowest BCUT2D eigenvalue weighted by atomic mass is 10.4. The van der Waals surface area contributed by atoms with Gasteiger partial charge in [0.25, 0.3) is 0 Å². The molecule has 0 aromatic heterocycles. The molecule has 19 heavy (non-hydrogen) atoms. The van der Waals surface area contributed by atoms with Crippen LogP contribution in [0.1, 0.15) is 13.3 Å². The molecule has 0 saturated carbocycles. The van der Waals surface area contributed by atoms with Gasteiger partial charge in [-0.25, -0.2) is 8.42 Å². The average molecular weight is 278 g/mol. The van der Waals surface area contributed by atoms with Crippen LogP contribution in [0.4, 0.5) is 0 Å². The molecule has 0 atom stereocenters. The summed E-state index contributed by atoms with van der Waals surface area (Å²) in [6, 6.07) is 16.9. The van der Waals surface area contributed by atoms with Crippen molar-refractivity contribution in [2.75, 3.05) is 6.61 Å². The quantitative estimate of drug-likeness (QED) is 0.939. The van der Waals surface area contributed by atoms with E-state index in [1.54, 1.807) is 60.7 Å². The summed E-state index contributed by atoms with van der Waals surface area (Å²) >= 11 is 0. The van der Waals surface area contributed by atoms with E-state index in [9.17, 15) is 8.42 Å². The van der Waals surface area contributed by atoms with Crippen molar-refractivity contribution in [2.45, 2.75) is 23.1 Å². The largest absolute Gasteiger partial charge is 0.396 e. The highest BCUT2D eigenvalue weighted by Crippen LogP contribution is 2.19. The first-order valence-corrected chi connectivity index (χ1v) is 7.57. The third-order valence-corrected chi connectivity index (χ3v) is 4.12. The first-order valence-electron chi connectivity index (χ1n) is 6.09. The SMILES string of the molecule is CCCO.O=S(=O)(c1ccccc1)c1ccccc1. The fourth-order valence-electron chi connectivity index (χ4n) is 1.34. The predicted molar refractivity (Wildman–Crippen MR) is 75.7 cm³/mol. The summed E-state index contributed by atoms with van der Waals surface area (Å²) in [5.41, 5.74) is 0. The molecule has 0 bridgehead atoms. The van der Waals surface area contributed by atoms with E-state index in [-0.39, 0.29) is 0 Å². The maximum Gasteiger partial charge on any atom is 0.206 e. The maximum absolute atomic E-state index is 12.0. The lowest BCUT2D eigenvalue weighted by Gasteiger charge is -2.03. The van der Waals surface area contributed by atoms with E-state index in [0.29, 0.717) is 16.4 Å². The Morgan fingerprint density at radius 3 is 1.42 bits per heavy atom. The molecule has 0 aliphatic carbocycles. The molecule has 0 heterocycles. The van der Waals surface area contributed by atoms with Gasteiger partial charge in [0.05, 0.1) is 9.79 Å². The number of benzene rings is 2. The van der Waals surface area contributed by atoms with E-state index in [1.165, 1.54) is 0 Å². The van der Waals surface area contributed by atoms with Gasteiger partial charge in [0, 0.05) is 6.61 Å². The van der Waals surface area contributed by atoms with E-state index in [4.69, 9.17) is 5.11 Å². The van der Waals surface area contributed by atoms with E-state index < -0.39 is 9.84 Å². The Hall–Kier alpha value is -1.65. The first kappa shape index (κ1) is 15.4. The number of aliphatic hydroxyl groups excluding tert-OH is 1. The molecule has 2 aromatic rings. The molecular weight excluding hydrogens is 260 g/mol. The van der Waals surface area contributed by atoms with Crippen molar-refractivity contribution < 1.29 is 13.5 Å². The van der Waals surface area contributed by atoms with Gasteiger partial charge in [-0.3, -0.25) is 0 Å². The van der Waals surface area contributed by atoms with Crippen molar-refractivity contribution in [1.29, 1.82) is 0 Å². The van der Waals surface area contributed by atoms with Crippen molar-refractivity contribution in [1.82, 2.24) is 0 Å². The first-order chi connectivity index (χ1) is 9.12. The summed E-state index contributed by atoms with van der Waals surface area (Å²) in [7, 11) is -3.34. The van der Waals surface area contributed by atoms with Crippen molar-refractivity contribution in [2.24, 2.45) is 0 Å². The molecule has 0 amide bonds. The Morgan fingerprint density at radius 1 is 0.842 bits per heavy atom. The van der Waals surface area contributed by atoms with Crippen LogP contribution < -0.4 is 0 Å². The lowest BCUT2D eigenvalue weighted by molar-refractivity contribution is 0.295. The number of sulfone groups is 1. The fourth-order valence-corrected chi connectivity index (χ4v) is 2.64. The van der Waals surface area contributed by atoms with E-state index in [0.717, 1.165) is 6.42 Å². The summed E-state index contributed by atoms with van der Waals surface area (Å²) < 4.78 is 24.1. The molecule has 0 saturated heterocycles. The van der Waals surface area contributed by atoms with Gasteiger partial charge in [-0.05, 0) is 30.7 Å². The molecule has 0 unspecified atom stereocenters. The van der Waals surface area contributed by atoms with Crippen LogP contribution in [0.5, 0.6) is 0 Å². The minimum absolute atomic E-state index is 0.319. The Balaban J connectivity index is 0.000000399. The van der Waals surface area contributed by atoms with Crippen molar-refractivity contribution in [3.05, 3.63) is 60.7 Å². The van der Waals surface area contributed by atoms with Gasteiger partial charge in [0.1, 0.15) is 0 Å². The second-order valence-corrected chi connectivity index (χ2v) is 5.80. The average Bonchev–Trinajstić information content (AvgIpc) is 2.49. The number of rotatable bonds is 3. The van der Waals surface area contributed by atoms with Gasteiger partial charge >= 0.3 is 0 Å².